The van der Waals surface area contributed by atoms with Crippen LogP contribution in [0.3, 0.4) is 0 Å². The minimum atomic E-state index is -0.194. The van der Waals surface area contributed by atoms with Crippen molar-refractivity contribution in [2.45, 2.75) is 52.4 Å². The van der Waals surface area contributed by atoms with Gasteiger partial charge in [0, 0.05) is 12.0 Å². The minimum Gasteiger partial charge on any atom is -0.396 e. The Kier molecular flexibility index (Phi) is 4.35. The number of aliphatic hydroxyl groups excluding tert-OH is 1. The van der Waals surface area contributed by atoms with E-state index in [0.717, 1.165) is 19.4 Å². The van der Waals surface area contributed by atoms with Crippen molar-refractivity contribution < 1.29 is 14.6 Å². The zero-order valence-electron chi connectivity index (χ0n) is 9.45. The first-order valence-corrected chi connectivity index (χ1v) is 5.44. The highest BCUT2D eigenvalue weighted by Gasteiger charge is 2.29. The topological polar surface area (TPSA) is 38.7 Å². The standard InChI is InChI=1S/C11H22O3/c1-9(11(2,3)8-12)14-10-6-4-5-7-13-10/h9-10,12H,4-8H2,1-3H3. The van der Waals surface area contributed by atoms with E-state index in [2.05, 4.69) is 0 Å². The lowest BCUT2D eigenvalue weighted by molar-refractivity contribution is -0.207. The summed E-state index contributed by atoms with van der Waals surface area (Å²) in [4.78, 5) is 0. The van der Waals surface area contributed by atoms with E-state index < -0.39 is 0 Å². The number of ether oxygens (including phenoxy) is 2. The highest BCUT2D eigenvalue weighted by atomic mass is 16.7. The molecular formula is C11H22O3. The molecule has 1 aliphatic heterocycles. The Hall–Kier alpha value is -0.120. The molecule has 0 saturated carbocycles. The molecule has 0 aromatic carbocycles. The summed E-state index contributed by atoms with van der Waals surface area (Å²) >= 11 is 0. The smallest absolute Gasteiger partial charge is 0.157 e. The molecule has 3 heteroatoms. The molecule has 2 unspecified atom stereocenters. The summed E-state index contributed by atoms with van der Waals surface area (Å²) in [6.45, 7) is 6.94. The molecule has 0 aliphatic carbocycles. The summed E-state index contributed by atoms with van der Waals surface area (Å²) < 4.78 is 11.2. The normalized spacial score (nSPS) is 26.1. The van der Waals surface area contributed by atoms with Crippen LogP contribution < -0.4 is 0 Å². The Bertz CT molecular complexity index is 162. The van der Waals surface area contributed by atoms with Gasteiger partial charge in [-0.25, -0.2) is 0 Å². The molecule has 84 valence electrons. The van der Waals surface area contributed by atoms with E-state index in [0.29, 0.717) is 0 Å². The van der Waals surface area contributed by atoms with Crippen LogP contribution in [0.2, 0.25) is 0 Å². The van der Waals surface area contributed by atoms with Crippen LogP contribution in [0.1, 0.15) is 40.0 Å². The molecule has 1 heterocycles. The molecule has 1 fully saturated rings. The second kappa shape index (κ2) is 5.10. The molecule has 0 aromatic rings. The van der Waals surface area contributed by atoms with Gasteiger partial charge in [0.05, 0.1) is 12.7 Å². The number of hydrogen-bond acceptors (Lipinski definition) is 3. The molecule has 3 nitrogen and oxygen atoms in total. The Balaban J connectivity index is 2.34. The van der Waals surface area contributed by atoms with E-state index in [-0.39, 0.29) is 24.4 Å². The van der Waals surface area contributed by atoms with Gasteiger partial charge in [-0.05, 0) is 26.2 Å². The van der Waals surface area contributed by atoms with Gasteiger partial charge >= 0.3 is 0 Å². The predicted molar refractivity (Wildman–Crippen MR) is 55.0 cm³/mol. The second-order valence-corrected chi connectivity index (χ2v) is 4.72. The summed E-state index contributed by atoms with van der Waals surface area (Å²) in [5.41, 5.74) is -0.194. The maximum absolute atomic E-state index is 9.17. The minimum absolute atomic E-state index is 0.0237. The fourth-order valence-corrected chi connectivity index (χ4v) is 1.36. The van der Waals surface area contributed by atoms with Crippen molar-refractivity contribution in [3.05, 3.63) is 0 Å². The zero-order chi connectivity index (χ0) is 10.6. The Morgan fingerprint density at radius 3 is 2.71 bits per heavy atom. The molecule has 1 saturated heterocycles. The Morgan fingerprint density at radius 2 is 2.21 bits per heavy atom. The van der Waals surface area contributed by atoms with Crippen molar-refractivity contribution in [2.75, 3.05) is 13.2 Å². The van der Waals surface area contributed by atoms with Gasteiger partial charge in [0.25, 0.3) is 0 Å². The van der Waals surface area contributed by atoms with Crippen LogP contribution in [0, 0.1) is 5.41 Å². The molecule has 1 aliphatic rings. The van der Waals surface area contributed by atoms with Gasteiger partial charge in [-0.3, -0.25) is 0 Å². The van der Waals surface area contributed by atoms with Gasteiger partial charge in [-0.2, -0.15) is 0 Å². The largest absolute Gasteiger partial charge is 0.396 e. The zero-order valence-corrected chi connectivity index (χ0v) is 9.45. The number of aliphatic hydroxyl groups is 1. The molecule has 0 spiro atoms. The molecule has 14 heavy (non-hydrogen) atoms. The highest BCUT2D eigenvalue weighted by molar-refractivity contribution is 4.75. The summed E-state index contributed by atoms with van der Waals surface area (Å²) in [7, 11) is 0. The van der Waals surface area contributed by atoms with E-state index in [1.165, 1.54) is 6.42 Å². The quantitative estimate of drug-likeness (QED) is 0.757. The van der Waals surface area contributed by atoms with Crippen molar-refractivity contribution in [3.8, 4) is 0 Å². The number of hydrogen-bond donors (Lipinski definition) is 1. The Morgan fingerprint density at radius 1 is 1.50 bits per heavy atom. The van der Waals surface area contributed by atoms with E-state index in [4.69, 9.17) is 9.47 Å². The molecule has 0 amide bonds. The van der Waals surface area contributed by atoms with Crippen LogP contribution in [-0.2, 0) is 9.47 Å². The third-order valence-electron chi connectivity index (χ3n) is 3.00. The fraction of sp³-hybridized carbons (Fsp3) is 1.00. The fourth-order valence-electron chi connectivity index (χ4n) is 1.36. The SMILES string of the molecule is CC(OC1CCCCO1)C(C)(C)CO. The van der Waals surface area contributed by atoms with Gasteiger partial charge in [0.2, 0.25) is 0 Å². The lowest BCUT2D eigenvalue weighted by Crippen LogP contribution is -2.37. The molecule has 0 aromatic heterocycles. The molecule has 1 N–H and O–H groups in total. The van der Waals surface area contributed by atoms with Crippen LogP contribution in [0.5, 0.6) is 0 Å². The molecule has 0 bridgehead atoms. The monoisotopic (exact) mass is 202 g/mol. The average molecular weight is 202 g/mol. The highest BCUT2D eigenvalue weighted by Crippen LogP contribution is 2.25. The van der Waals surface area contributed by atoms with Crippen LogP contribution in [0.4, 0.5) is 0 Å². The van der Waals surface area contributed by atoms with E-state index in [1.54, 1.807) is 0 Å². The maximum atomic E-state index is 9.17. The lowest BCUT2D eigenvalue weighted by Gasteiger charge is -2.34. The molecule has 2 atom stereocenters. The maximum Gasteiger partial charge on any atom is 0.157 e. The summed E-state index contributed by atoms with van der Waals surface area (Å²) in [5.74, 6) is 0. The summed E-state index contributed by atoms with van der Waals surface area (Å²) in [6, 6.07) is 0. The first kappa shape index (κ1) is 12.0. The van der Waals surface area contributed by atoms with Crippen molar-refractivity contribution >= 4 is 0 Å². The van der Waals surface area contributed by atoms with Gasteiger partial charge in [-0.15, -0.1) is 0 Å². The van der Waals surface area contributed by atoms with Crippen LogP contribution in [0.25, 0.3) is 0 Å². The van der Waals surface area contributed by atoms with E-state index in [1.807, 2.05) is 20.8 Å². The Labute approximate surface area is 86.4 Å². The van der Waals surface area contributed by atoms with Crippen molar-refractivity contribution in [2.24, 2.45) is 5.41 Å². The first-order chi connectivity index (χ1) is 6.56. The van der Waals surface area contributed by atoms with Gasteiger partial charge < -0.3 is 14.6 Å². The van der Waals surface area contributed by atoms with Gasteiger partial charge in [0.1, 0.15) is 0 Å². The average Bonchev–Trinajstić information content (AvgIpc) is 2.19. The van der Waals surface area contributed by atoms with Crippen LogP contribution >= 0.6 is 0 Å². The van der Waals surface area contributed by atoms with Crippen molar-refractivity contribution in [3.63, 3.8) is 0 Å². The van der Waals surface area contributed by atoms with Crippen molar-refractivity contribution in [1.29, 1.82) is 0 Å². The van der Waals surface area contributed by atoms with E-state index in [9.17, 15) is 5.11 Å². The lowest BCUT2D eigenvalue weighted by atomic mass is 9.88. The second-order valence-electron chi connectivity index (χ2n) is 4.72. The van der Waals surface area contributed by atoms with Crippen LogP contribution in [-0.4, -0.2) is 30.7 Å². The molecule has 1 rings (SSSR count). The van der Waals surface area contributed by atoms with Gasteiger partial charge in [0.15, 0.2) is 6.29 Å². The van der Waals surface area contributed by atoms with Crippen molar-refractivity contribution in [1.82, 2.24) is 0 Å². The first-order valence-electron chi connectivity index (χ1n) is 5.44. The number of rotatable bonds is 4. The third-order valence-corrected chi connectivity index (χ3v) is 3.00. The summed E-state index contributed by atoms with van der Waals surface area (Å²) in [6.07, 6.45) is 3.25. The molecular weight excluding hydrogens is 180 g/mol. The van der Waals surface area contributed by atoms with E-state index >= 15 is 0 Å². The third kappa shape index (κ3) is 3.23. The molecule has 0 radical (unpaired) electrons. The predicted octanol–water partition coefficient (Wildman–Crippen LogP) is 1.94. The summed E-state index contributed by atoms with van der Waals surface area (Å²) in [5, 5.41) is 9.17. The van der Waals surface area contributed by atoms with Crippen LogP contribution in [0.15, 0.2) is 0 Å². The van der Waals surface area contributed by atoms with Gasteiger partial charge in [-0.1, -0.05) is 13.8 Å².